The molecule has 0 aromatic heterocycles. The van der Waals surface area contributed by atoms with Gasteiger partial charge in [0.05, 0.1) is 22.1 Å². The van der Waals surface area contributed by atoms with Crippen molar-refractivity contribution >= 4 is 39.4 Å². The van der Waals surface area contributed by atoms with Crippen LogP contribution in [-0.2, 0) is 33.8 Å². The molecule has 0 spiro atoms. The van der Waals surface area contributed by atoms with Crippen molar-refractivity contribution in [2.45, 2.75) is 148 Å². The fraction of sp³-hybridized carbons (Fsp3) is 0.865. The highest BCUT2D eigenvalue weighted by Gasteiger charge is 2.70. The van der Waals surface area contributed by atoms with Gasteiger partial charge in [-0.3, -0.25) is 19.2 Å². The van der Waals surface area contributed by atoms with Gasteiger partial charge in [0, 0.05) is 26.3 Å². The third kappa shape index (κ3) is 8.91. The van der Waals surface area contributed by atoms with Gasteiger partial charge >= 0.3 is 6.03 Å². The average molecular weight is 738 g/mol. The molecule has 13 nitrogen and oxygen atoms in total. The Hall–Kier alpha value is -2.74. The van der Waals surface area contributed by atoms with Crippen LogP contribution in [-0.4, -0.2) is 103 Å². The molecule has 14 heteroatoms. The van der Waals surface area contributed by atoms with E-state index in [0.717, 1.165) is 25.7 Å². The second kappa shape index (κ2) is 15.7. The van der Waals surface area contributed by atoms with Crippen LogP contribution >= 0.6 is 0 Å². The number of carbonyl (C=O) groups is 5. The van der Waals surface area contributed by atoms with Crippen molar-refractivity contribution in [3.63, 3.8) is 0 Å². The van der Waals surface area contributed by atoms with E-state index in [1.807, 2.05) is 27.7 Å². The van der Waals surface area contributed by atoms with Gasteiger partial charge in [0.25, 0.3) is 5.91 Å². The highest BCUT2D eigenvalue weighted by Crippen LogP contribution is 2.65. The maximum atomic E-state index is 14.5. The van der Waals surface area contributed by atoms with Crippen LogP contribution in [0.2, 0.25) is 0 Å². The number of urea groups is 1. The fourth-order valence-electron chi connectivity index (χ4n) is 8.56. The zero-order valence-corrected chi connectivity index (χ0v) is 32.9. The van der Waals surface area contributed by atoms with Gasteiger partial charge in [0.15, 0.2) is 9.84 Å². The molecule has 51 heavy (non-hydrogen) atoms. The highest BCUT2D eigenvalue weighted by molar-refractivity contribution is 7.92. The number of amides is 5. The summed E-state index contributed by atoms with van der Waals surface area (Å²) in [6, 6.07) is -3.55. The SMILES string of the molecule is CCCC[C@H](NC(=O)[C@@H]1[C@@H]2[C@H](CN1C(=O)[C@@H](NC(=O)NC1(CS(=O)(=O)C3(C)CCOCC3)CCCCC1)C(C)(C)C)C2(C)C)C(=O)C(=O)NCC. The molecule has 0 radical (unpaired) electrons. The summed E-state index contributed by atoms with van der Waals surface area (Å²) in [5.74, 6) is -2.63. The molecule has 4 rings (SSSR count). The van der Waals surface area contributed by atoms with Gasteiger partial charge in [-0.05, 0) is 68.6 Å². The quantitative estimate of drug-likeness (QED) is 0.196. The van der Waals surface area contributed by atoms with Gasteiger partial charge in [0.2, 0.25) is 17.6 Å². The van der Waals surface area contributed by atoms with Crippen molar-refractivity contribution in [2.75, 3.05) is 32.1 Å². The Kier molecular flexibility index (Phi) is 12.6. The molecule has 2 saturated carbocycles. The molecule has 4 N–H and O–H groups in total. The van der Waals surface area contributed by atoms with Gasteiger partial charge in [0.1, 0.15) is 12.1 Å². The summed E-state index contributed by atoms with van der Waals surface area (Å²) in [5, 5.41) is 11.3. The second-order valence-corrected chi connectivity index (χ2v) is 19.9. The number of ether oxygens (including phenoxy) is 1. The van der Waals surface area contributed by atoms with Crippen LogP contribution in [0, 0.1) is 22.7 Å². The number of ketones is 1. The first-order valence-electron chi connectivity index (χ1n) is 19.1. The molecule has 2 heterocycles. The van der Waals surface area contributed by atoms with E-state index in [-0.39, 0.29) is 29.5 Å². The van der Waals surface area contributed by atoms with E-state index < -0.39 is 73.2 Å². The standard InChI is InChI=1S/C37H63N5O8S/c1-9-11-15-25(28(43)31(45)38-10-2)39-30(44)27-26-24(35(26,6)7)22-42(27)32(46)29(34(3,4)5)40-33(47)41-37(16-13-12-14-17-37)23-51(48,49)36(8)18-20-50-21-19-36/h24-27,29H,9-23H2,1-8H3,(H,38,45)(H,39,44)(H2,40,41,47)/t24-,25-,26-,27-,29+/m0/s1. The lowest BCUT2D eigenvalue weighted by Crippen LogP contribution is -2.64. The predicted molar refractivity (Wildman–Crippen MR) is 194 cm³/mol. The predicted octanol–water partition coefficient (Wildman–Crippen LogP) is 3.25. The molecule has 2 aliphatic carbocycles. The molecule has 2 aliphatic heterocycles. The summed E-state index contributed by atoms with van der Waals surface area (Å²) in [6.45, 7) is 16.4. The third-order valence-electron chi connectivity index (χ3n) is 12.1. The van der Waals surface area contributed by atoms with Crippen molar-refractivity contribution < 1.29 is 37.1 Å². The molecular weight excluding hydrogens is 675 g/mol. The number of likely N-dealkylation sites (N-methyl/N-ethyl adjacent to an activating group) is 1. The van der Waals surface area contributed by atoms with Crippen LogP contribution in [0.25, 0.3) is 0 Å². The summed E-state index contributed by atoms with van der Waals surface area (Å²) >= 11 is 0. The first kappa shape index (κ1) is 41.0. The minimum absolute atomic E-state index is 0.0575. The van der Waals surface area contributed by atoms with Crippen molar-refractivity contribution in [1.29, 1.82) is 0 Å². The van der Waals surface area contributed by atoms with E-state index >= 15 is 0 Å². The molecule has 4 fully saturated rings. The van der Waals surface area contributed by atoms with E-state index in [0.29, 0.717) is 58.3 Å². The van der Waals surface area contributed by atoms with Gasteiger partial charge in [-0.1, -0.05) is 73.6 Å². The molecule has 4 aliphatic rings. The van der Waals surface area contributed by atoms with Crippen LogP contribution in [0.4, 0.5) is 4.79 Å². The molecule has 0 aromatic carbocycles. The number of carbonyl (C=O) groups excluding carboxylic acids is 5. The monoisotopic (exact) mass is 737 g/mol. The largest absolute Gasteiger partial charge is 0.381 e. The molecule has 290 valence electrons. The van der Waals surface area contributed by atoms with E-state index in [1.165, 1.54) is 4.90 Å². The Morgan fingerprint density at radius 1 is 0.922 bits per heavy atom. The fourth-order valence-corrected chi connectivity index (χ4v) is 10.8. The molecule has 0 bridgehead atoms. The maximum absolute atomic E-state index is 14.5. The number of fused-ring (bicyclic) bond motifs is 1. The molecule has 5 atom stereocenters. The summed E-state index contributed by atoms with van der Waals surface area (Å²) in [4.78, 5) is 69.6. The topological polar surface area (TPSA) is 180 Å². The van der Waals surface area contributed by atoms with Crippen molar-refractivity contribution in [3.05, 3.63) is 0 Å². The van der Waals surface area contributed by atoms with Crippen molar-refractivity contribution in [2.24, 2.45) is 22.7 Å². The minimum Gasteiger partial charge on any atom is -0.381 e. The zero-order chi connectivity index (χ0) is 38.0. The normalized spacial score (nSPS) is 26.2. The molecule has 5 amide bonds. The summed E-state index contributed by atoms with van der Waals surface area (Å²) < 4.78 is 32.3. The number of Topliss-reactive ketones (excluding diaryl/α,β-unsaturated/α-hetero) is 1. The Balaban J connectivity index is 1.55. The number of sulfone groups is 1. The maximum Gasteiger partial charge on any atom is 0.315 e. The van der Waals surface area contributed by atoms with E-state index in [1.54, 1.807) is 13.8 Å². The molecular formula is C37H63N5O8S. The lowest BCUT2D eigenvalue weighted by molar-refractivity contribution is -0.145. The van der Waals surface area contributed by atoms with Gasteiger partial charge in [-0.15, -0.1) is 0 Å². The number of hydrogen-bond donors (Lipinski definition) is 4. The first-order chi connectivity index (χ1) is 23.7. The highest BCUT2D eigenvalue weighted by atomic mass is 32.2. The number of nitrogens with zero attached hydrogens (tertiary/aromatic N) is 1. The second-order valence-electron chi connectivity index (χ2n) is 17.4. The Morgan fingerprint density at radius 2 is 1.55 bits per heavy atom. The van der Waals surface area contributed by atoms with Gasteiger partial charge in [-0.2, -0.15) is 0 Å². The van der Waals surface area contributed by atoms with Crippen molar-refractivity contribution in [3.8, 4) is 0 Å². The number of likely N-dealkylation sites (tertiary alicyclic amines) is 1. The number of piperidine rings is 1. The third-order valence-corrected chi connectivity index (χ3v) is 15.0. The first-order valence-corrected chi connectivity index (χ1v) is 20.7. The number of rotatable bonds is 14. The summed E-state index contributed by atoms with van der Waals surface area (Å²) in [6.07, 6.45) is 6.04. The molecule has 0 unspecified atom stereocenters. The number of unbranched alkanes of at least 4 members (excludes halogenated alkanes) is 1. The minimum atomic E-state index is -3.62. The average Bonchev–Trinajstić information content (AvgIpc) is 3.36. The van der Waals surface area contributed by atoms with Crippen LogP contribution in [0.3, 0.4) is 0 Å². The smallest absolute Gasteiger partial charge is 0.315 e. The number of hydrogen-bond acceptors (Lipinski definition) is 8. The van der Waals surface area contributed by atoms with E-state index in [9.17, 15) is 32.4 Å². The van der Waals surface area contributed by atoms with E-state index in [4.69, 9.17) is 4.74 Å². The summed E-state index contributed by atoms with van der Waals surface area (Å²) in [5.41, 5.74) is -1.94. The Bertz CT molecular complexity index is 1430. The molecule has 0 aromatic rings. The van der Waals surface area contributed by atoms with E-state index in [2.05, 4.69) is 35.1 Å². The van der Waals surface area contributed by atoms with Crippen molar-refractivity contribution in [1.82, 2.24) is 26.2 Å². The zero-order valence-electron chi connectivity index (χ0n) is 32.1. The summed E-state index contributed by atoms with van der Waals surface area (Å²) in [7, 11) is -3.62. The lowest BCUT2D eigenvalue weighted by Gasteiger charge is -2.42. The van der Waals surface area contributed by atoms with Crippen LogP contribution in [0.15, 0.2) is 0 Å². The lowest BCUT2D eigenvalue weighted by atomic mass is 9.83. The van der Waals surface area contributed by atoms with Gasteiger partial charge in [-0.25, -0.2) is 13.2 Å². The van der Waals surface area contributed by atoms with Crippen LogP contribution in [0.5, 0.6) is 0 Å². The van der Waals surface area contributed by atoms with Crippen LogP contribution < -0.4 is 21.3 Å². The Morgan fingerprint density at radius 3 is 2.12 bits per heavy atom. The molecule has 2 saturated heterocycles. The Labute approximate surface area is 304 Å². The van der Waals surface area contributed by atoms with Crippen LogP contribution in [0.1, 0.15) is 120 Å². The van der Waals surface area contributed by atoms with Gasteiger partial charge < -0.3 is 30.9 Å². The number of nitrogens with one attached hydrogen (secondary N) is 4.